The Kier molecular flexibility index (Phi) is 4.31. The van der Waals surface area contributed by atoms with Crippen molar-refractivity contribution in [2.24, 2.45) is 11.7 Å². The van der Waals surface area contributed by atoms with Gasteiger partial charge in [-0.1, -0.05) is 0 Å². The number of nitrogens with two attached hydrogens (primary N) is 1. The molecule has 1 atom stereocenters. The van der Waals surface area contributed by atoms with E-state index in [4.69, 9.17) is 15.7 Å². The van der Waals surface area contributed by atoms with Crippen molar-refractivity contribution in [2.75, 3.05) is 24.5 Å². The Morgan fingerprint density at radius 2 is 2.28 bits per heavy atom. The molecule has 3 N–H and O–H groups in total. The van der Waals surface area contributed by atoms with Gasteiger partial charge in [-0.05, 0) is 37.9 Å². The molecule has 2 aliphatic heterocycles. The molecule has 2 aromatic rings. The molecule has 2 aliphatic rings. The lowest BCUT2D eigenvalue weighted by Gasteiger charge is -2.34. The molecule has 0 unspecified atom stereocenters. The summed E-state index contributed by atoms with van der Waals surface area (Å²) in [5, 5.41) is 3.38. The highest BCUT2D eigenvalue weighted by molar-refractivity contribution is 5.77. The van der Waals surface area contributed by atoms with E-state index in [1.807, 2.05) is 12.1 Å². The predicted octanol–water partition coefficient (Wildman–Crippen LogP) is 0.886. The number of piperidine rings is 1. The normalized spacial score (nSPS) is 20.2. The molecule has 1 fully saturated rings. The number of anilines is 1. The molecule has 1 saturated heterocycles. The van der Waals surface area contributed by atoms with Crippen LogP contribution in [0.15, 0.2) is 24.5 Å². The van der Waals surface area contributed by atoms with Crippen LogP contribution in [0.5, 0.6) is 0 Å². The van der Waals surface area contributed by atoms with Crippen LogP contribution in [0.4, 0.5) is 5.82 Å². The van der Waals surface area contributed by atoms with Crippen molar-refractivity contribution in [1.82, 2.24) is 20.3 Å². The largest absolute Gasteiger partial charge is 0.369 e. The van der Waals surface area contributed by atoms with Crippen molar-refractivity contribution in [2.45, 2.75) is 25.8 Å². The maximum Gasteiger partial charge on any atom is 0.222 e. The minimum atomic E-state index is -0.221. The van der Waals surface area contributed by atoms with Crippen LogP contribution in [-0.4, -0.2) is 40.5 Å². The van der Waals surface area contributed by atoms with E-state index in [2.05, 4.69) is 15.2 Å². The molecule has 0 radical (unpaired) electrons. The van der Waals surface area contributed by atoms with Crippen LogP contribution in [0.3, 0.4) is 0 Å². The molecule has 0 spiro atoms. The van der Waals surface area contributed by atoms with Gasteiger partial charge in [0.1, 0.15) is 5.82 Å². The van der Waals surface area contributed by atoms with Crippen molar-refractivity contribution in [3.05, 3.63) is 35.8 Å². The molecule has 7 heteroatoms. The number of pyridine rings is 1. The van der Waals surface area contributed by atoms with Crippen LogP contribution in [0, 0.1) is 5.92 Å². The number of fused-ring (bicyclic) bond motifs is 1. The average molecular weight is 338 g/mol. The maximum absolute atomic E-state index is 11.7. The first-order chi connectivity index (χ1) is 12.2. The van der Waals surface area contributed by atoms with Gasteiger partial charge in [0, 0.05) is 43.2 Å². The third-order valence-electron chi connectivity index (χ3n) is 4.96. The Balaban J connectivity index is 1.76. The molecule has 4 heterocycles. The molecule has 0 saturated carbocycles. The van der Waals surface area contributed by atoms with Gasteiger partial charge in [0.2, 0.25) is 5.91 Å². The van der Waals surface area contributed by atoms with Crippen molar-refractivity contribution in [3.8, 4) is 11.4 Å². The number of nitrogens with one attached hydrogen (secondary N) is 1. The number of amides is 1. The van der Waals surface area contributed by atoms with E-state index in [9.17, 15) is 4.79 Å². The second-order valence-corrected chi connectivity index (χ2v) is 6.65. The van der Waals surface area contributed by atoms with Gasteiger partial charge in [-0.2, -0.15) is 0 Å². The Hall–Kier alpha value is -2.54. The first kappa shape index (κ1) is 16.0. The zero-order valence-electron chi connectivity index (χ0n) is 14.1. The number of primary amides is 1. The van der Waals surface area contributed by atoms with Crippen LogP contribution in [0.25, 0.3) is 11.4 Å². The zero-order valence-corrected chi connectivity index (χ0v) is 14.1. The number of hydrogen-bond acceptors (Lipinski definition) is 6. The van der Waals surface area contributed by atoms with Gasteiger partial charge in [-0.3, -0.25) is 9.78 Å². The van der Waals surface area contributed by atoms with Gasteiger partial charge >= 0.3 is 0 Å². The van der Waals surface area contributed by atoms with Crippen LogP contribution in [0.2, 0.25) is 0 Å². The van der Waals surface area contributed by atoms with Crippen LogP contribution < -0.4 is 16.0 Å². The number of nitrogens with zero attached hydrogens (tertiary/aromatic N) is 4. The first-order valence-corrected chi connectivity index (χ1v) is 8.77. The summed E-state index contributed by atoms with van der Waals surface area (Å²) in [4.78, 5) is 27.7. The van der Waals surface area contributed by atoms with E-state index in [-0.39, 0.29) is 11.8 Å². The SMILES string of the molecule is NC(=O)[C@@H]1CCCN(c2nc(-c3cccnc3)nc3c2CCNC3)C1. The second kappa shape index (κ2) is 6.76. The van der Waals surface area contributed by atoms with E-state index in [0.717, 1.165) is 56.0 Å². The fourth-order valence-electron chi connectivity index (χ4n) is 3.63. The van der Waals surface area contributed by atoms with E-state index in [1.54, 1.807) is 12.4 Å². The van der Waals surface area contributed by atoms with Crippen molar-refractivity contribution in [1.29, 1.82) is 0 Å². The van der Waals surface area contributed by atoms with Gasteiger partial charge in [0.05, 0.1) is 11.6 Å². The molecule has 4 rings (SSSR count). The molecule has 7 nitrogen and oxygen atoms in total. The molecule has 1 amide bonds. The van der Waals surface area contributed by atoms with E-state index in [1.165, 1.54) is 5.56 Å². The summed E-state index contributed by atoms with van der Waals surface area (Å²) in [6, 6.07) is 3.86. The zero-order chi connectivity index (χ0) is 17.2. The van der Waals surface area contributed by atoms with E-state index < -0.39 is 0 Å². The minimum Gasteiger partial charge on any atom is -0.369 e. The molecular formula is C18H22N6O. The van der Waals surface area contributed by atoms with Crippen LogP contribution >= 0.6 is 0 Å². The third kappa shape index (κ3) is 3.19. The van der Waals surface area contributed by atoms with Gasteiger partial charge in [0.25, 0.3) is 0 Å². The van der Waals surface area contributed by atoms with Crippen molar-refractivity contribution < 1.29 is 4.79 Å². The number of carbonyl (C=O) groups is 1. The predicted molar refractivity (Wildman–Crippen MR) is 94.8 cm³/mol. The number of carbonyl (C=O) groups excluding carboxylic acids is 1. The Morgan fingerprint density at radius 3 is 3.08 bits per heavy atom. The van der Waals surface area contributed by atoms with Crippen LogP contribution in [0.1, 0.15) is 24.1 Å². The van der Waals surface area contributed by atoms with Gasteiger partial charge < -0.3 is 16.0 Å². The Bertz CT molecular complexity index is 779. The standard InChI is InChI=1S/C18H22N6O/c19-16(25)13-4-2-8-24(11-13)18-14-5-7-21-10-15(14)22-17(23-18)12-3-1-6-20-9-12/h1,3,6,9,13,21H,2,4-5,7-8,10-11H2,(H2,19,25)/t13-/m1/s1. The highest BCUT2D eigenvalue weighted by atomic mass is 16.1. The summed E-state index contributed by atoms with van der Waals surface area (Å²) < 4.78 is 0. The summed E-state index contributed by atoms with van der Waals surface area (Å²) in [5.74, 6) is 1.31. The molecule has 25 heavy (non-hydrogen) atoms. The molecule has 130 valence electrons. The number of rotatable bonds is 3. The van der Waals surface area contributed by atoms with Crippen LogP contribution in [-0.2, 0) is 17.8 Å². The minimum absolute atomic E-state index is 0.108. The average Bonchev–Trinajstić information content (AvgIpc) is 2.68. The molecule has 2 aromatic heterocycles. The fourth-order valence-corrected chi connectivity index (χ4v) is 3.63. The Labute approximate surface area is 146 Å². The lowest BCUT2D eigenvalue weighted by molar-refractivity contribution is -0.122. The second-order valence-electron chi connectivity index (χ2n) is 6.65. The maximum atomic E-state index is 11.7. The van der Waals surface area contributed by atoms with Crippen molar-refractivity contribution >= 4 is 11.7 Å². The summed E-state index contributed by atoms with van der Waals surface area (Å²) in [7, 11) is 0. The van der Waals surface area contributed by atoms with Gasteiger partial charge in [0.15, 0.2) is 5.82 Å². The lowest BCUT2D eigenvalue weighted by atomic mass is 9.96. The summed E-state index contributed by atoms with van der Waals surface area (Å²) >= 11 is 0. The first-order valence-electron chi connectivity index (χ1n) is 8.77. The van der Waals surface area contributed by atoms with Gasteiger partial charge in [-0.15, -0.1) is 0 Å². The monoisotopic (exact) mass is 338 g/mol. The highest BCUT2D eigenvalue weighted by Gasteiger charge is 2.28. The quantitative estimate of drug-likeness (QED) is 0.862. The Morgan fingerprint density at radius 1 is 1.36 bits per heavy atom. The fraction of sp³-hybridized carbons (Fsp3) is 0.444. The highest BCUT2D eigenvalue weighted by Crippen LogP contribution is 2.30. The van der Waals surface area contributed by atoms with Crippen molar-refractivity contribution in [3.63, 3.8) is 0 Å². The third-order valence-corrected chi connectivity index (χ3v) is 4.96. The summed E-state index contributed by atoms with van der Waals surface area (Å²) in [5.41, 5.74) is 8.68. The molecule has 0 aromatic carbocycles. The molecular weight excluding hydrogens is 316 g/mol. The topological polar surface area (TPSA) is 97.0 Å². The smallest absolute Gasteiger partial charge is 0.222 e. The summed E-state index contributed by atoms with van der Waals surface area (Å²) in [6.07, 6.45) is 6.23. The molecule has 0 bridgehead atoms. The van der Waals surface area contributed by atoms with E-state index in [0.29, 0.717) is 12.4 Å². The lowest BCUT2D eigenvalue weighted by Crippen LogP contribution is -2.42. The number of hydrogen-bond donors (Lipinski definition) is 2. The molecule has 0 aliphatic carbocycles. The number of aromatic nitrogens is 3. The van der Waals surface area contributed by atoms with E-state index >= 15 is 0 Å². The summed E-state index contributed by atoms with van der Waals surface area (Å²) in [6.45, 7) is 3.19. The van der Waals surface area contributed by atoms with Gasteiger partial charge in [-0.25, -0.2) is 9.97 Å².